The molecule has 0 bridgehead atoms. The van der Waals surface area contributed by atoms with Crippen molar-refractivity contribution >= 4 is 34.7 Å². The molecule has 0 spiro atoms. The minimum absolute atomic E-state index is 0.0106. The molecule has 0 unspecified atom stereocenters. The molecular weight excluding hydrogens is 324 g/mol. The lowest BCUT2D eigenvalue weighted by Crippen LogP contribution is -2.32. The summed E-state index contributed by atoms with van der Waals surface area (Å²) in [7, 11) is 1.49. The Morgan fingerprint density at radius 1 is 1.41 bits per heavy atom. The van der Waals surface area contributed by atoms with Crippen molar-refractivity contribution in [1.82, 2.24) is 5.32 Å². The highest BCUT2D eigenvalue weighted by atomic mass is 35.5. The van der Waals surface area contributed by atoms with Gasteiger partial charge in [-0.2, -0.15) is 0 Å². The molecule has 1 aromatic heterocycles. The van der Waals surface area contributed by atoms with Gasteiger partial charge in [0.15, 0.2) is 5.75 Å². The van der Waals surface area contributed by atoms with Crippen LogP contribution in [-0.2, 0) is 0 Å². The van der Waals surface area contributed by atoms with Gasteiger partial charge in [-0.05, 0) is 30.0 Å². The van der Waals surface area contributed by atoms with Crippen LogP contribution in [0.2, 0.25) is 5.02 Å². The molecule has 2 rings (SSSR count). The molecule has 0 saturated carbocycles. The molecule has 22 heavy (non-hydrogen) atoms. The fraction of sp³-hybridized carbons (Fsp3) is 0.267. The maximum atomic E-state index is 12.2. The van der Waals surface area contributed by atoms with Crippen molar-refractivity contribution in [2.45, 2.75) is 12.5 Å². The van der Waals surface area contributed by atoms with Crippen LogP contribution in [-0.4, -0.2) is 24.9 Å². The Bertz CT molecular complexity index is 619. The number of para-hydroxylation sites is 1. The molecule has 0 saturated heterocycles. The van der Waals surface area contributed by atoms with E-state index in [0.29, 0.717) is 22.9 Å². The van der Waals surface area contributed by atoms with Crippen LogP contribution < -0.4 is 15.4 Å². The Balaban J connectivity index is 2.07. The van der Waals surface area contributed by atoms with Crippen molar-refractivity contribution in [3.8, 4) is 5.75 Å². The van der Waals surface area contributed by atoms with E-state index in [2.05, 4.69) is 10.6 Å². The van der Waals surface area contributed by atoms with Gasteiger partial charge in [0.25, 0.3) is 0 Å². The summed E-state index contributed by atoms with van der Waals surface area (Å²) in [5, 5.41) is 17.1. The van der Waals surface area contributed by atoms with Gasteiger partial charge in [-0.25, -0.2) is 4.79 Å². The second-order valence-corrected chi connectivity index (χ2v) is 5.89. The van der Waals surface area contributed by atoms with E-state index in [1.807, 2.05) is 17.5 Å². The van der Waals surface area contributed by atoms with Crippen molar-refractivity contribution in [1.29, 1.82) is 0 Å². The number of amides is 2. The van der Waals surface area contributed by atoms with Crippen molar-refractivity contribution < 1.29 is 14.6 Å². The Labute approximate surface area is 137 Å². The van der Waals surface area contributed by atoms with Gasteiger partial charge < -0.3 is 20.5 Å². The van der Waals surface area contributed by atoms with Crippen LogP contribution in [0.15, 0.2) is 35.7 Å². The summed E-state index contributed by atoms with van der Waals surface area (Å²) in [4.78, 5) is 13.2. The van der Waals surface area contributed by atoms with Crippen molar-refractivity contribution in [2.75, 3.05) is 19.0 Å². The topological polar surface area (TPSA) is 70.6 Å². The number of halogens is 1. The number of urea groups is 1. The summed E-state index contributed by atoms with van der Waals surface area (Å²) < 4.78 is 5.19. The number of hydrogen-bond donors (Lipinski definition) is 3. The number of aliphatic hydroxyl groups excluding tert-OH is 1. The molecule has 0 aliphatic carbocycles. The Hall–Kier alpha value is -1.76. The fourth-order valence-electron chi connectivity index (χ4n) is 2.04. The molecule has 0 aliphatic heterocycles. The Kier molecular flexibility index (Phi) is 6.06. The lowest BCUT2D eigenvalue weighted by atomic mass is 10.2. The van der Waals surface area contributed by atoms with E-state index in [1.54, 1.807) is 18.2 Å². The minimum Gasteiger partial charge on any atom is -0.493 e. The van der Waals surface area contributed by atoms with E-state index >= 15 is 0 Å². The standard InChI is InChI=1S/C15H17ClN2O3S/c1-21-14-10(16)4-2-5-12(14)18-15(20)17-11(7-8-19)13-6-3-9-22-13/h2-6,9,11,19H,7-8H2,1H3,(H2,17,18,20)/t11-/m0/s1. The third-order valence-electron chi connectivity index (χ3n) is 3.03. The average Bonchev–Trinajstić information content (AvgIpc) is 3.01. The molecule has 1 atom stereocenters. The van der Waals surface area contributed by atoms with E-state index in [-0.39, 0.29) is 18.7 Å². The predicted octanol–water partition coefficient (Wildman–Crippen LogP) is 3.66. The second kappa shape index (κ2) is 8.03. The van der Waals surface area contributed by atoms with Crippen LogP contribution in [0.1, 0.15) is 17.3 Å². The number of hydrogen-bond acceptors (Lipinski definition) is 4. The average molecular weight is 341 g/mol. The van der Waals surface area contributed by atoms with Gasteiger partial charge in [-0.1, -0.05) is 23.7 Å². The third-order valence-corrected chi connectivity index (χ3v) is 4.31. The Morgan fingerprint density at radius 2 is 2.23 bits per heavy atom. The van der Waals surface area contributed by atoms with Gasteiger partial charge in [-0.3, -0.25) is 0 Å². The van der Waals surface area contributed by atoms with Crippen LogP contribution in [0.25, 0.3) is 0 Å². The van der Waals surface area contributed by atoms with E-state index < -0.39 is 0 Å². The maximum absolute atomic E-state index is 12.2. The number of aliphatic hydroxyl groups is 1. The molecule has 1 aromatic carbocycles. The van der Waals surface area contributed by atoms with Gasteiger partial charge in [0.2, 0.25) is 0 Å². The van der Waals surface area contributed by atoms with Crippen LogP contribution in [0, 0.1) is 0 Å². The molecule has 1 heterocycles. The normalized spacial score (nSPS) is 11.8. The van der Waals surface area contributed by atoms with Crippen LogP contribution in [0.5, 0.6) is 5.75 Å². The summed E-state index contributed by atoms with van der Waals surface area (Å²) in [5.74, 6) is 0.411. The molecular formula is C15H17ClN2O3S. The lowest BCUT2D eigenvalue weighted by Gasteiger charge is -2.18. The first-order chi connectivity index (χ1) is 10.7. The number of carbonyl (C=O) groups is 1. The fourth-order valence-corrected chi connectivity index (χ4v) is 3.10. The first-order valence-corrected chi connectivity index (χ1v) is 7.95. The summed E-state index contributed by atoms with van der Waals surface area (Å²) in [6.07, 6.45) is 0.445. The molecule has 3 N–H and O–H groups in total. The molecule has 5 nitrogen and oxygen atoms in total. The minimum atomic E-state index is -0.382. The molecule has 0 fully saturated rings. The molecule has 0 radical (unpaired) electrons. The van der Waals surface area contributed by atoms with Crippen LogP contribution in [0.4, 0.5) is 10.5 Å². The summed E-state index contributed by atoms with van der Waals surface area (Å²) in [6.45, 7) is -0.0106. The number of benzene rings is 1. The number of thiophene rings is 1. The number of carbonyl (C=O) groups excluding carboxylic acids is 1. The van der Waals surface area contributed by atoms with Gasteiger partial charge in [-0.15, -0.1) is 11.3 Å². The van der Waals surface area contributed by atoms with E-state index in [0.717, 1.165) is 4.88 Å². The predicted molar refractivity (Wildman–Crippen MR) is 88.9 cm³/mol. The van der Waals surface area contributed by atoms with Gasteiger partial charge >= 0.3 is 6.03 Å². The number of methoxy groups -OCH3 is 1. The van der Waals surface area contributed by atoms with Crippen molar-refractivity contribution in [3.63, 3.8) is 0 Å². The van der Waals surface area contributed by atoms with Gasteiger partial charge in [0.05, 0.1) is 23.9 Å². The van der Waals surface area contributed by atoms with Crippen molar-refractivity contribution in [3.05, 3.63) is 45.6 Å². The summed E-state index contributed by atoms with van der Waals surface area (Å²) in [6, 6.07) is 8.32. The Morgan fingerprint density at radius 3 is 2.86 bits per heavy atom. The van der Waals surface area contributed by atoms with Crippen LogP contribution >= 0.6 is 22.9 Å². The number of nitrogens with one attached hydrogen (secondary N) is 2. The van der Waals surface area contributed by atoms with Crippen LogP contribution in [0.3, 0.4) is 0 Å². The zero-order valence-electron chi connectivity index (χ0n) is 12.0. The molecule has 2 aromatic rings. The molecule has 7 heteroatoms. The van der Waals surface area contributed by atoms with Gasteiger partial charge in [0.1, 0.15) is 0 Å². The first kappa shape index (κ1) is 16.6. The number of rotatable bonds is 6. The van der Waals surface area contributed by atoms with E-state index in [9.17, 15) is 4.79 Å². The smallest absolute Gasteiger partial charge is 0.319 e. The highest BCUT2D eigenvalue weighted by Crippen LogP contribution is 2.32. The third kappa shape index (κ3) is 4.13. The SMILES string of the molecule is COc1c(Cl)cccc1NC(=O)N[C@@H](CCO)c1cccs1. The van der Waals surface area contributed by atoms with Gasteiger partial charge in [0, 0.05) is 11.5 Å². The molecule has 0 aliphatic rings. The largest absolute Gasteiger partial charge is 0.493 e. The van der Waals surface area contributed by atoms with E-state index in [4.69, 9.17) is 21.4 Å². The number of ether oxygens (including phenoxy) is 1. The first-order valence-electron chi connectivity index (χ1n) is 6.70. The van der Waals surface area contributed by atoms with Crippen molar-refractivity contribution in [2.24, 2.45) is 0 Å². The number of anilines is 1. The molecule has 2 amide bonds. The summed E-state index contributed by atoms with van der Waals surface area (Å²) >= 11 is 7.55. The second-order valence-electron chi connectivity index (χ2n) is 4.50. The quantitative estimate of drug-likeness (QED) is 0.751. The summed E-state index contributed by atoms with van der Waals surface area (Å²) in [5.41, 5.74) is 0.487. The zero-order valence-corrected chi connectivity index (χ0v) is 13.6. The van der Waals surface area contributed by atoms with E-state index in [1.165, 1.54) is 18.4 Å². The highest BCUT2D eigenvalue weighted by Gasteiger charge is 2.16. The maximum Gasteiger partial charge on any atom is 0.319 e. The zero-order chi connectivity index (χ0) is 15.9. The monoisotopic (exact) mass is 340 g/mol. The highest BCUT2D eigenvalue weighted by molar-refractivity contribution is 7.10. The molecule has 118 valence electrons. The lowest BCUT2D eigenvalue weighted by molar-refractivity contribution is 0.239.